The maximum absolute atomic E-state index is 13.1. The maximum atomic E-state index is 13.1. The number of rotatable bonds is 4. The Balaban J connectivity index is 2.04. The molecule has 0 aliphatic rings. The molecule has 1 heterocycles. The Labute approximate surface area is 105 Å². The van der Waals surface area contributed by atoms with Crippen molar-refractivity contribution in [2.75, 3.05) is 12.4 Å². The molecule has 18 heavy (non-hydrogen) atoms. The zero-order chi connectivity index (χ0) is 13.0. The minimum atomic E-state index is -0.500. The van der Waals surface area contributed by atoms with E-state index < -0.39 is 5.82 Å². The highest BCUT2D eigenvalue weighted by Crippen LogP contribution is 2.13. The van der Waals surface area contributed by atoms with Gasteiger partial charge in [-0.1, -0.05) is 29.8 Å². The molecule has 4 nitrogen and oxygen atoms in total. The number of aryl methyl sites for hydroxylation is 1. The van der Waals surface area contributed by atoms with Crippen molar-refractivity contribution in [2.45, 2.75) is 13.5 Å². The van der Waals surface area contributed by atoms with Crippen LogP contribution in [-0.4, -0.2) is 17.0 Å². The van der Waals surface area contributed by atoms with Gasteiger partial charge < -0.3 is 10.1 Å². The first-order valence-corrected chi connectivity index (χ1v) is 5.57. The number of aromatic nitrogens is 2. The van der Waals surface area contributed by atoms with Crippen LogP contribution >= 0.6 is 0 Å². The molecule has 1 aromatic carbocycles. The Morgan fingerprint density at radius 3 is 2.67 bits per heavy atom. The van der Waals surface area contributed by atoms with Gasteiger partial charge in [-0.25, -0.2) is 9.37 Å². The Morgan fingerprint density at radius 2 is 2.00 bits per heavy atom. The van der Waals surface area contributed by atoms with Gasteiger partial charge in [0.25, 0.3) is 0 Å². The zero-order valence-corrected chi connectivity index (χ0v) is 10.3. The third kappa shape index (κ3) is 2.94. The van der Waals surface area contributed by atoms with Gasteiger partial charge in [-0.3, -0.25) is 0 Å². The van der Waals surface area contributed by atoms with Gasteiger partial charge in [0, 0.05) is 7.05 Å². The van der Waals surface area contributed by atoms with Gasteiger partial charge in [-0.05, 0) is 12.5 Å². The standard InChI is InChI=1S/C13H14FN3O/c1-9-3-5-10(6-4-9)8-18-13-16-7-11(14)12(15-2)17-13/h3-7H,8H2,1-2H3,(H,15,16,17). The van der Waals surface area contributed by atoms with E-state index in [1.807, 2.05) is 31.2 Å². The molecule has 0 amide bonds. The Morgan fingerprint density at radius 1 is 1.28 bits per heavy atom. The second-order valence-corrected chi connectivity index (χ2v) is 3.87. The average molecular weight is 247 g/mol. The molecule has 0 aliphatic heterocycles. The van der Waals surface area contributed by atoms with Crippen molar-refractivity contribution >= 4 is 5.82 Å². The van der Waals surface area contributed by atoms with Crippen molar-refractivity contribution in [2.24, 2.45) is 0 Å². The summed E-state index contributed by atoms with van der Waals surface area (Å²) in [7, 11) is 1.59. The summed E-state index contributed by atoms with van der Waals surface area (Å²) < 4.78 is 18.5. The monoisotopic (exact) mass is 247 g/mol. The van der Waals surface area contributed by atoms with Crippen molar-refractivity contribution in [1.29, 1.82) is 0 Å². The second kappa shape index (κ2) is 5.44. The number of nitrogens with zero attached hydrogens (tertiary/aromatic N) is 2. The first-order chi connectivity index (χ1) is 8.69. The number of benzene rings is 1. The van der Waals surface area contributed by atoms with Crippen LogP contribution in [0.1, 0.15) is 11.1 Å². The lowest BCUT2D eigenvalue weighted by Gasteiger charge is -2.06. The van der Waals surface area contributed by atoms with Gasteiger partial charge >= 0.3 is 6.01 Å². The van der Waals surface area contributed by atoms with E-state index in [2.05, 4.69) is 15.3 Å². The van der Waals surface area contributed by atoms with E-state index >= 15 is 0 Å². The largest absolute Gasteiger partial charge is 0.459 e. The summed E-state index contributed by atoms with van der Waals surface area (Å²) in [6.07, 6.45) is 1.09. The Bertz CT molecular complexity index is 528. The van der Waals surface area contributed by atoms with Crippen molar-refractivity contribution in [3.8, 4) is 6.01 Å². The third-order valence-electron chi connectivity index (χ3n) is 2.45. The molecular weight excluding hydrogens is 233 g/mol. The van der Waals surface area contributed by atoms with E-state index in [1.54, 1.807) is 7.05 Å². The van der Waals surface area contributed by atoms with Gasteiger partial charge in [0.15, 0.2) is 11.6 Å². The Hall–Kier alpha value is -2.17. The molecule has 0 atom stereocenters. The molecule has 2 rings (SSSR count). The minimum absolute atomic E-state index is 0.129. The van der Waals surface area contributed by atoms with Crippen molar-refractivity contribution in [3.05, 3.63) is 47.4 Å². The third-order valence-corrected chi connectivity index (χ3v) is 2.45. The number of ether oxygens (including phenoxy) is 1. The first kappa shape index (κ1) is 12.3. The first-order valence-electron chi connectivity index (χ1n) is 5.57. The van der Waals surface area contributed by atoms with E-state index in [1.165, 1.54) is 5.56 Å². The van der Waals surface area contributed by atoms with E-state index in [0.717, 1.165) is 11.8 Å². The molecular formula is C13H14FN3O. The smallest absolute Gasteiger partial charge is 0.318 e. The fraction of sp³-hybridized carbons (Fsp3) is 0.231. The maximum Gasteiger partial charge on any atom is 0.318 e. The summed E-state index contributed by atoms with van der Waals surface area (Å²) in [6.45, 7) is 2.38. The SMILES string of the molecule is CNc1nc(OCc2ccc(C)cc2)ncc1F. The van der Waals surface area contributed by atoms with Crippen molar-refractivity contribution in [1.82, 2.24) is 9.97 Å². The number of halogens is 1. The Kier molecular flexibility index (Phi) is 3.72. The minimum Gasteiger partial charge on any atom is -0.459 e. The van der Waals surface area contributed by atoms with Crippen molar-refractivity contribution in [3.63, 3.8) is 0 Å². The van der Waals surface area contributed by atoms with Crippen LogP contribution < -0.4 is 10.1 Å². The van der Waals surface area contributed by atoms with Crippen LogP contribution in [-0.2, 0) is 6.61 Å². The molecule has 0 spiro atoms. The molecule has 2 aromatic rings. The van der Waals surface area contributed by atoms with Crippen molar-refractivity contribution < 1.29 is 9.13 Å². The van der Waals surface area contributed by atoms with Crippen LogP contribution in [0.5, 0.6) is 6.01 Å². The summed E-state index contributed by atoms with van der Waals surface area (Å²) in [5.74, 6) is -0.371. The molecule has 0 bridgehead atoms. The lowest BCUT2D eigenvalue weighted by molar-refractivity contribution is 0.280. The molecule has 0 saturated heterocycles. The summed E-state index contributed by atoms with van der Waals surface area (Å²) in [5.41, 5.74) is 2.20. The number of hydrogen-bond acceptors (Lipinski definition) is 4. The predicted octanol–water partition coefficient (Wildman–Crippen LogP) is 2.54. The fourth-order valence-electron chi connectivity index (χ4n) is 1.43. The second-order valence-electron chi connectivity index (χ2n) is 3.87. The molecule has 0 saturated carbocycles. The van der Waals surface area contributed by atoms with Crippen LogP contribution in [0.25, 0.3) is 0 Å². The molecule has 1 N–H and O–H groups in total. The molecule has 0 fully saturated rings. The van der Waals surface area contributed by atoms with Gasteiger partial charge in [0.2, 0.25) is 0 Å². The fourth-order valence-corrected chi connectivity index (χ4v) is 1.43. The van der Waals surface area contributed by atoms with E-state index in [-0.39, 0.29) is 11.8 Å². The van der Waals surface area contributed by atoms with Gasteiger partial charge in [0.05, 0.1) is 6.20 Å². The zero-order valence-electron chi connectivity index (χ0n) is 10.3. The van der Waals surface area contributed by atoms with Gasteiger partial charge in [-0.2, -0.15) is 4.98 Å². The molecule has 94 valence electrons. The van der Waals surface area contributed by atoms with E-state index in [0.29, 0.717) is 6.61 Å². The normalized spacial score (nSPS) is 10.2. The summed E-state index contributed by atoms with van der Waals surface area (Å²) in [5, 5.41) is 2.64. The van der Waals surface area contributed by atoms with Crippen LogP contribution in [0.4, 0.5) is 10.2 Å². The highest BCUT2D eigenvalue weighted by molar-refractivity contribution is 5.34. The number of anilines is 1. The lowest BCUT2D eigenvalue weighted by Crippen LogP contribution is -2.03. The van der Waals surface area contributed by atoms with Gasteiger partial charge in [0.1, 0.15) is 6.61 Å². The van der Waals surface area contributed by atoms with Crippen LogP contribution in [0.3, 0.4) is 0 Å². The molecule has 1 aromatic heterocycles. The molecule has 0 radical (unpaired) electrons. The average Bonchev–Trinajstić information content (AvgIpc) is 2.39. The lowest BCUT2D eigenvalue weighted by atomic mass is 10.2. The van der Waals surface area contributed by atoms with E-state index in [4.69, 9.17) is 4.74 Å². The van der Waals surface area contributed by atoms with Gasteiger partial charge in [-0.15, -0.1) is 0 Å². The summed E-state index contributed by atoms with van der Waals surface area (Å²) >= 11 is 0. The summed E-state index contributed by atoms with van der Waals surface area (Å²) in [4.78, 5) is 7.68. The predicted molar refractivity (Wildman–Crippen MR) is 67.0 cm³/mol. The molecule has 0 aliphatic carbocycles. The van der Waals surface area contributed by atoms with Crippen LogP contribution in [0.15, 0.2) is 30.5 Å². The quantitative estimate of drug-likeness (QED) is 0.902. The number of hydrogen-bond donors (Lipinski definition) is 1. The highest BCUT2D eigenvalue weighted by atomic mass is 19.1. The number of nitrogens with one attached hydrogen (secondary N) is 1. The topological polar surface area (TPSA) is 47.0 Å². The summed E-state index contributed by atoms with van der Waals surface area (Å²) in [6, 6.07) is 8.10. The van der Waals surface area contributed by atoms with Crippen LogP contribution in [0.2, 0.25) is 0 Å². The van der Waals surface area contributed by atoms with E-state index in [9.17, 15) is 4.39 Å². The van der Waals surface area contributed by atoms with Crippen LogP contribution in [0, 0.1) is 12.7 Å². The highest BCUT2D eigenvalue weighted by Gasteiger charge is 2.06. The molecule has 5 heteroatoms. The molecule has 0 unspecified atom stereocenters.